The molecule has 0 saturated carbocycles. The molecule has 12 heteroatoms. The fourth-order valence-corrected chi connectivity index (χ4v) is 6.88. The van der Waals surface area contributed by atoms with Crippen LogP contribution in [-0.2, 0) is 20.8 Å². The third-order valence-electron chi connectivity index (χ3n) is 9.64. The Labute approximate surface area is 316 Å². The number of hydrogen-bond donors (Lipinski definition) is 3. The van der Waals surface area contributed by atoms with Gasteiger partial charge in [0.1, 0.15) is 23.3 Å². The largest absolute Gasteiger partial charge is 0.453 e. The lowest BCUT2D eigenvalue weighted by Crippen LogP contribution is -2.51. The van der Waals surface area contributed by atoms with Gasteiger partial charge < -0.3 is 29.7 Å². The molecule has 0 bridgehead atoms. The molecule has 3 N–H and O–H groups in total. The van der Waals surface area contributed by atoms with Crippen LogP contribution < -0.4 is 5.32 Å². The number of amides is 3. The quantitative estimate of drug-likeness (QED) is 0.123. The van der Waals surface area contributed by atoms with E-state index in [1.165, 1.54) is 7.11 Å². The molecule has 3 amide bonds. The predicted octanol–water partition coefficient (Wildman–Crippen LogP) is 8.48. The van der Waals surface area contributed by atoms with E-state index >= 15 is 0 Å². The lowest BCUT2D eigenvalue weighted by Gasteiger charge is -2.28. The summed E-state index contributed by atoms with van der Waals surface area (Å²) >= 11 is 0. The molecule has 1 fully saturated rings. The SMILES string of the molecule is CCCN(Cc1ncc(-c2ccc3cc(-c4ccc(-c5cnc([C@@H]6CCCN6C(=O)OC(C)(C)C)[nH]5)cc4)ccc3c2)[nH]1)C(=O)[C@@H](NC(=O)OC)C(C)C. The van der Waals surface area contributed by atoms with Crippen LogP contribution in [0.15, 0.2) is 73.1 Å². The van der Waals surface area contributed by atoms with Crippen molar-refractivity contribution in [2.75, 3.05) is 20.2 Å². The highest BCUT2D eigenvalue weighted by atomic mass is 16.6. The maximum absolute atomic E-state index is 13.5. The standard InChI is InChI=1S/C42H51N7O5/c1-8-19-48(39(50)37(26(2)3)47-40(51)53-7)25-36-43-23-34(45-36)32-18-17-30-21-29(15-16-31(30)22-32)27-11-13-28(14-12-27)33-24-44-38(46-33)35-10-9-20-49(35)41(52)54-42(4,5)6/h11-18,21-24,26,35,37H,8-10,19-20,25H2,1-7H3,(H,43,45)(H,44,46)(H,47,51)/t35-,37-/m0/s1. The topological polar surface area (TPSA) is 146 Å². The predicted molar refractivity (Wildman–Crippen MR) is 209 cm³/mol. The van der Waals surface area contributed by atoms with Gasteiger partial charge in [0, 0.05) is 18.7 Å². The number of fused-ring (bicyclic) bond motifs is 1. The first kappa shape index (κ1) is 38.1. The number of carbonyl (C=O) groups excluding carboxylic acids is 3. The van der Waals surface area contributed by atoms with Gasteiger partial charge in [0.25, 0.3) is 0 Å². The summed E-state index contributed by atoms with van der Waals surface area (Å²) < 4.78 is 10.4. The Morgan fingerprint density at radius 3 is 2.20 bits per heavy atom. The Morgan fingerprint density at radius 1 is 0.907 bits per heavy atom. The number of aromatic amines is 2. The number of imidazole rings is 2. The molecule has 3 heterocycles. The van der Waals surface area contributed by atoms with Gasteiger partial charge in [0.2, 0.25) is 5.91 Å². The molecule has 284 valence electrons. The van der Waals surface area contributed by atoms with Gasteiger partial charge in [0.05, 0.1) is 43.5 Å². The number of nitrogens with zero attached hydrogens (tertiary/aromatic N) is 4. The molecule has 12 nitrogen and oxygen atoms in total. The normalized spacial score (nSPS) is 15.0. The van der Waals surface area contributed by atoms with Crippen molar-refractivity contribution in [3.05, 3.63) is 84.7 Å². The van der Waals surface area contributed by atoms with Crippen molar-refractivity contribution in [2.45, 2.75) is 85.0 Å². The van der Waals surface area contributed by atoms with Crippen molar-refractivity contribution < 1.29 is 23.9 Å². The average Bonchev–Trinajstić information content (AvgIpc) is 3.94. The van der Waals surface area contributed by atoms with Gasteiger partial charge in [-0.15, -0.1) is 0 Å². The van der Waals surface area contributed by atoms with Crippen LogP contribution in [0.5, 0.6) is 0 Å². The van der Waals surface area contributed by atoms with Gasteiger partial charge in [-0.3, -0.25) is 9.69 Å². The lowest BCUT2D eigenvalue weighted by molar-refractivity contribution is -0.135. The highest BCUT2D eigenvalue weighted by Gasteiger charge is 2.35. The van der Waals surface area contributed by atoms with Crippen molar-refractivity contribution in [2.24, 2.45) is 5.92 Å². The summed E-state index contributed by atoms with van der Waals surface area (Å²) in [6.45, 7) is 12.9. The number of carbonyl (C=O) groups is 3. The van der Waals surface area contributed by atoms with Crippen molar-refractivity contribution in [1.29, 1.82) is 0 Å². The Bertz CT molecular complexity index is 2100. The molecule has 1 aliphatic rings. The molecule has 1 saturated heterocycles. The first-order valence-electron chi connectivity index (χ1n) is 18.7. The van der Waals surface area contributed by atoms with Crippen LogP contribution in [0.2, 0.25) is 0 Å². The molecule has 0 radical (unpaired) electrons. The zero-order chi connectivity index (χ0) is 38.6. The molecule has 0 aliphatic carbocycles. The van der Waals surface area contributed by atoms with E-state index in [9.17, 15) is 14.4 Å². The number of H-pyrrole nitrogens is 2. The maximum atomic E-state index is 13.5. The van der Waals surface area contributed by atoms with Crippen LogP contribution in [0.4, 0.5) is 9.59 Å². The number of alkyl carbamates (subject to hydrolysis) is 1. The highest BCUT2D eigenvalue weighted by Crippen LogP contribution is 2.34. The number of ether oxygens (including phenoxy) is 2. The summed E-state index contributed by atoms with van der Waals surface area (Å²) in [5.74, 6) is 1.16. The second-order valence-corrected chi connectivity index (χ2v) is 15.2. The fraction of sp³-hybridized carbons (Fsp3) is 0.405. The zero-order valence-electron chi connectivity index (χ0n) is 32.2. The van der Waals surface area contributed by atoms with Crippen LogP contribution in [0.1, 0.15) is 78.5 Å². The fourth-order valence-electron chi connectivity index (χ4n) is 6.88. The van der Waals surface area contributed by atoms with Crippen molar-refractivity contribution in [3.8, 4) is 33.6 Å². The summed E-state index contributed by atoms with van der Waals surface area (Å²) in [6.07, 6.45) is 5.21. The monoisotopic (exact) mass is 733 g/mol. The number of rotatable bonds is 11. The summed E-state index contributed by atoms with van der Waals surface area (Å²) in [6, 6.07) is 20.3. The third-order valence-corrected chi connectivity index (χ3v) is 9.64. The number of benzene rings is 3. The third kappa shape index (κ3) is 8.75. The van der Waals surface area contributed by atoms with Gasteiger partial charge in [-0.25, -0.2) is 19.6 Å². The van der Waals surface area contributed by atoms with Crippen LogP contribution in [0, 0.1) is 5.92 Å². The summed E-state index contributed by atoms with van der Waals surface area (Å²) in [5.41, 5.74) is 5.43. The lowest BCUT2D eigenvalue weighted by atomic mass is 9.98. The Kier molecular flexibility index (Phi) is 11.4. The molecule has 0 unspecified atom stereocenters. The Balaban J connectivity index is 1.13. The van der Waals surface area contributed by atoms with Gasteiger partial charge >= 0.3 is 12.2 Å². The van der Waals surface area contributed by atoms with Crippen LogP contribution >= 0.6 is 0 Å². The minimum atomic E-state index is -0.701. The molecular weight excluding hydrogens is 683 g/mol. The second-order valence-electron chi connectivity index (χ2n) is 15.2. The molecule has 2 aromatic heterocycles. The second kappa shape index (κ2) is 16.2. The van der Waals surface area contributed by atoms with Crippen molar-refractivity contribution in [1.82, 2.24) is 35.1 Å². The number of methoxy groups -OCH3 is 1. The first-order valence-corrected chi connectivity index (χ1v) is 18.7. The van der Waals surface area contributed by atoms with E-state index in [2.05, 4.69) is 85.9 Å². The number of nitrogens with one attached hydrogen (secondary N) is 3. The maximum Gasteiger partial charge on any atom is 0.410 e. The minimum Gasteiger partial charge on any atom is -0.453 e. The molecule has 1 aliphatic heterocycles. The summed E-state index contributed by atoms with van der Waals surface area (Å²) in [5, 5.41) is 4.89. The molecular formula is C42H51N7O5. The van der Waals surface area contributed by atoms with Gasteiger partial charge in [-0.05, 0) is 85.5 Å². The zero-order valence-corrected chi connectivity index (χ0v) is 32.2. The molecule has 5 aromatic rings. The highest BCUT2D eigenvalue weighted by molar-refractivity contribution is 5.91. The van der Waals surface area contributed by atoms with E-state index in [0.717, 1.165) is 69.5 Å². The Hall–Kier alpha value is -5.65. The van der Waals surface area contributed by atoms with Crippen LogP contribution in [0.25, 0.3) is 44.4 Å². The van der Waals surface area contributed by atoms with E-state index in [-0.39, 0.29) is 24.0 Å². The van der Waals surface area contributed by atoms with Gasteiger partial charge in [-0.1, -0.05) is 69.3 Å². The first-order chi connectivity index (χ1) is 25.8. The van der Waals surface area contributed by atoms with E-state index in [0.29, 0.717) is 25.5 Å². The molecule has 54 heavy (non-hydrogen) atoms. The molecule has 3 aromatic carbocycles. The number of aromatic nitrogens is 4. The van der Waals surface area contributed by atoms with Crippen molar-refractivity contribution in [3.63, 3.8) is 0 Å². The van der Waals surface area contributed by atoms with E-state index < -0.39 is 17.7 Å². The number of likely N-dealkylation sites (tertiary alicyclic amines) is 1. The van der Waals surface area contributed by atoms with Crippen LogP contribution in [0.3, 0.4) is 0 Å². The van der Waals surface area contributed by atoms with E-state index in [1.807, 2.05) is 47.7 Å². The molecule has 2 atom stereocenters. The van der Waals surface area contributed by atoms with Crippen LogP contribution in [-0.4, -0.2) is 79.7 Å². The molecule has 0 spiro atoms. The van der Waals surface area contributed by atoms with E-state index in [4.69, 9.17) is 9.47 Å². The summed E-state index contributed by atoms with van der Waals surface area (Å²) in [4.78, 5) is 57.8. The smallest absolute Gasteiger partial charge is 0.410 e. The molecule has 6 rings (SSSR count). The Morgan fingerprint density at radius 2 is 1.54 bits per heavy atom. The number of hydrogen-bond acceptors (Lipinski definition) is 7. The van der Waals surface area contributed by atoms with Gasteiger partial charge in [0.15, 0.2) is 0 Å². The van der Waals surface area contributed by atoms with Crippen molar-refractivity contribution >= 4 is 28.9 Å². The van der Waals surface area contributed by atoms with E-state index in [1.54, 1.807) is 16.0 Å². The summed E-state index contributed by atoms with van der Waals surface area (Å²) in [7, 11) is 1.29. The minimum absolute atomic E-state index is 0.112. The average molecular weight is 734 g/mol. The van der Waals surface area contributed by atoms with Gasteiger partial charge in [-0.2, -0.15) is 0 Å².